The number of methoxy groups -OCH3 is 2. The van der Waals surface area contributed by atoms with Crippen LogP contribution >= 0.6 is 0 Å². The molecular weight excluding hydrogens is 883 g/mol. The Morgan fingerprint density at radius 1 is 0.754 bits per heavy atom. The molecule has 5 aromatic rings. The van der Waals surface area contributed by atoms with E-state index < -0.39 is 70.5 Å². The molecule has 0 radical (unpaired) electrons. The summed E-state index contributed by atoms with van der Waals surface area (Å²) >= 11 is 0. The van der Waals surface area contributed by atoms with Crippen molar-refractivity contribution in [1.82, 2.24) is 5.32 Å². The largest absolute Gasteiger partial charge is 0.497 e. The maximum atomic E-state index is 14.6. The summed E-state index contributed by atoms with van der Waals surface area (Å²) in [4.78, 5) is 28.1. The Hall–Kier alpha value is -5.84. The van der Waals surface area contributed by atoms with E-state index >= 15 is 0 Å². The first-order valence-electron chi connectivity index (χ1n) is 23.3. The van der Waals surface area contributed by atoms with Gasteiger partial charge in [-0.1, -0.05) is 103 Å². The summed E-state index contributed by atoms with van der Waals surface area (Å²) in [6, 6.07) is 43.4. The molecule has 0 unspecified atom stereocenters. The molecule has 14 nitrogen and oxygen atoms in total. The Kier molecular flexibility index (Phi) is 14.8. The van der Waals surface area contributed by atoms with Crippen molar-refractivity contribution in [2.45, 2.75) is 100 Å². The van der Waals surface area contributed by atoms with Crippen molar-refractivity contribution in [1.29, 1.82) is 0 Å². The van der Waals surface area contributed by atoms with E-state index in [0.29, 0.717) is 17.1 Å². The van der Waals surface area contributed by atoms with Gasteiger partial charge in [0.15, 0.2) is 11.4 Å². The number of hydrogen-bond donors (Lipinski definition) is 2. The topological polar surface area (TPSA) is 162 Å². The van der Waals surface area contributed by atoms with E-state index in [1.807, 2.05) is 109 Å². The van der Waals surface area contributed by atoms with Gasteiger partial charge in [-0.15, -0.1) is 0 Å². The number of benzene rings is 5. The number of aliphatic hydroxyl groups is 1. The molecule has 0 bridgehead atoms. The normalized spacial score (nSPS) is 25.0. The monoisotopic (exact) mass is 945 g/mol. The van der Waals surface area contributed by atoms with Gasteiger partial charge >= 0.3 is 12.1 Å². The summed E-state index contributed by atoms with van der Waals surface area (Å²) in [5.74, 6) is -1.41. The first kappa shape index (κ1) is 49.6. The minimum absolute atomic E-state index is 0.00174. The molecule has 3 fully saturated rings. The number of aliphatic hydroxyl groups excluding tert-OH is 1. The summed E-state index contributed by atoms with van der Waals surface area (Å²) in [6.45, 7) is 8.48. The molecule has 8 rings (SSSR count). The number of amides is 1. The van der Waals surface area contributed by atoms with E-state index in [0.717, 1.165) is 22.3 Å². The highest BCUT2D eigenvalue weighted by Gasteiger charge is 2.78. The molecule has 0 spiro atoms. The first-order chi connectivity index (χ1) is 33.1. The summed E-state index contributed by atoms with van der Waals surface area (Å²) < 4.78 is 63.1. The van der Waals surface area contributed by atoms with Gasteiger partial charge in [0.2, 0.25) is 0 Å². The van der Waals surface area contributed by atoms with Crippen LogP contribution < -0.4 is 14.8 Å². The predicted octanol–water partition coefficient (Wildman–Crippen LogP) is 8.36. The molecule has 1 saturated carbocycles. The average Bonchev–Trinajstić information content (AvgIpc) is 3.98. The van der Waals surface area contributed by atoms with Crippen LogP contribution in [0.4, 0.5) is 4.79 Å². The first-order valence-corrected chi connectivity index (χ1v) is 23.3. The fourth-order valence-electron chi connectivity index (χ4n) is 9.83. The predicted molar refractivity (Wildman–Crippen MR) is 255 cm³/mol. The molecule has 2 N–H and O–H groups in total. The standard InChI is InChI=1S/C55H63NO13/c1-51(2,3)69-50(59)56-53(31-32-65-55(39-21-15-10-16-22-39,40-23-27-42(60-6)28-24-40)41-25-29-43(61-7)30-26-41)45(44-34-66-52(4,5)67-44)46(57)54(35-63-49(58)38-19-13-9-14-20-38)48(68-54)47(53)64-36-62-33-37-17-11-8-12-18-37/h8-30,44-48,57H,31-36H2,1-7H3,(H,56,59)/t44-,45+,46+,47-,48-,53-,54+/m1/s1. The Morgan fingerprint density at radius 3 is 1.87 bits per heavy atom. The molecule has 2 saturated heterocycles. The van der Waals surface area contributed by atoms with Crippen molar-refractivity contribution in [2.75, 3.05) is 40.8 Å². The lowest BCUT2D eigenvalue weighted by molar-refractivity contribution is -0.199. The summed E-state index contributed by atoms with van der Waals surface area (Å²) in [5, 5.41) is 16.3. The molecule has 1 aliphatic carbocycles. The lowest BCUT2D eigenvalue weighted by Gasteiger charge is -2.53. The molecule has 7 atom stereocenters. The van der Waals surface area contributed by atoms with Crippen LogP contribution in [0.5, 0.6) is 11.5 Å². The molecule has 1 amide bonds. The zero-order chi connectivity index (χ0) is 48.9. The maximum Gasteiger partial charge on any atom is 0.408 e. The summed E-state index contributed by atoms with van der Waals surface area (Å²) in [7, 11) is 3.23. The van der Waals surface area contributed by atoms with E-state index in [9.17, 15) is 14.7 Å². The van der Waals surface area contributed by atoms with Gasteiger partial charge < -0.3 is 57.8 Å². The highest BCUT2D eigenvalue weighted by Crippen LogP contribution is 2.58. The zero-order valence-electron chi connectivity index (χ0n) is 40.3. The Bertz CT molecular complexity index is 2420. The number of nitrogens with one attached hydrogen (secondary N) is 1. The number of esters is 1. The van der Waals surface area contributed by atoms with Crippen LogP contribution in [0.25, 0.3) is 0 Å². The van der Waals surface area contributed by atoms with E-state index in [2.05, 4.69) is 5.32 Å². The van der Waals surface area contributed by atoms with Crippen molar-refractivity contribution in [3.05, 3.63) is 167 Å². The van der Waals surface area contributed by atoms with Gasteiger partial charge in [0.1, 0.15) is 48.3 Å². The summed E-state index contributed by atoms with van der Waals surface area (Å²) in [5.41, 5.74) is -1.64. The lowest BCUT2D eigenvalue weighted by Crippen LogP contribution is -2.75. The second-order valence-electron chi connectivity index (χ2n) is 19.1. The molecule has 2 aliphatic heterocycles. The fourth-order valence-corrected chi connectivity index (χ4v) is 9.83. The molecule has 2 heterocycles. The van der Waals surface area contributed by atoms with Gasteiger partial charge in [-0.05, 0) is 99.7 Å². The van der Waals surface area contributed by atoms with E-state index in [-0.39, 0.29) is 39.6 Å². The zero-order valence-corrected chi connectivity index (χ0v) is 40.3. The minimum atomic E-state index is -1.61. The molecule has 366 valence electrons. The van der Waals surface area contributed by atoms with Crippen LogP contribution in [0, 0.1) is 5.92 Å². The van der Waals surface area contributed by atoms with Gasteiger partial charge in [0.05, 0.1) is 57.4 Å². The number of epoxide rings is 1. The maximum absolute atomic E-state index is 14.6. The lowest BCUT2D eigenvalue weighted by atomic mass is 9.61. The van der Waals surface area contributed by atoms with Crippen molar-refractivity contribution in [2.24, 2.45) is 5.92 Å². The van der Waals surface area contributed by atoms with Crippen LogP contribution in [-0.2, 0) is 50.1 Å². The van der Waals surface area contributed by atoms with E-state index in [1.54, 1.807) is 79.2 Å². The highest BCUT2D eigenvalue weighted by atomic mass is 16.7. The van der Waals surface area contributed by atoms with Crippen LogP contribution in [0.15, 0.2) is 140 Å². The third-order valence-electron chi connectivity index (χ3n) is 13.0. The van der Waals surface area contributed by atoms with Gasteiger partial charge in [-0.3, -0.25) is 0 Å². The van der Waals surface area contributed by atoms with Crippen LogP contribution in [0.3, 0.4) is 0 Å². The number of carbonyl (C=O) groups excluding carboxylic acids is 2. The number of carbonyl (C=O) groups is 2. The van der Waals surface area contributed by atoms with Crippen molar-refractivity contribution in [3.63, 3.8) is 0 Å². The van der Waals surface area contributed by atoms with E-state index in [1.165, 1.54) is 0 Å². The number of rotatable bonds is 19. The van der Waals surface area contributed by atoms with E-state index in [4.69, 9.17) is 47.4 Å². The number of fused-ring (bicyclic) bond motifs is 1. The van der Waals surface area contributed by atoms with Gasteiger partial charge in [0, 0.05) is 5.92 Å². The molecule has 3 aliphatic rings. The number of hydrogen-bond acceptors (Lipinski definition) is 13. The van der Waals surface area contributed by atoms with Crippen molar-refractivity contribution < 1.29 is 62.1 Å². The van der Waals surface area contributed by atoms with Crippen LogP contribution in [0.2, 0.25) is 0 Å². The quantitative estimate of drug-likeness (QED) is 0.0267. The van der Waals surface area contributed by atoms with Gasteiger partial charge in [-0.2, -0.15) is 0 Å². The van der Waals surface area contributed by atoms with Crippen molar-refractivity contribution >= 4 is 12.1 Å². The van der Waals surface area contributed by atoms with Gasteiger partial charge in [0.25, 0.3) is 0 Å². The fraction of sp³-hybridized carbons (Fsp3) is 0.418. The molecule has 0 aromatic heterocycles. The smallest absolute Gasteiger partial charge is 0.408 e. The minimum Gasteiger partial charge on any atom is -0.497 e. The molecular formula is C55H63NO13. The Morgan fingerprint density at radius 2 is 1.32 bits per heavy atom. The Balaban J connectivity index is 1.25. The SMILES string of the molecule is COc1ccc(C(OCC[C@@]2(NC(=O)OC(C)(C)C)[C@@H]([C@H]3COC(C)(C)O3)[C@H](O)[C@]3(COC(=O)c4ccccc4)O[C@@H]3[C@H]2OCOCc2ccccc2)(c2ccccc2)c2ccc(OC)cc2)cc1. The summed E-state index contributed by atoms with van der Waals surface area (Å²) in [6.07, 6.45) is -5.11. The molecule has 69 heavy (non-hydrogen) atoms. The second kappa shape index (κ2) is 20.6. The number of alkyl carbamates (subject to hydrolysis) is 1. The second-order valence-corrected chi connectivity index (χ2v) is 19.1. The average molecular weight is 946 g/mol. The highest BCUT2D eigenvalue weighted by molar-refractivity contribution is 5.89. The number of ether oxygens (including phenoxy) is 10. The molecule has 5 aromatic carbocycles. The van der Waals surface area contributed by atoms with Gasteiger partial charge in [-0.25, -0.2) is 9.59 Å². The van der Waals surface area contributed by atoms with Crippen LogP contribution in [0.1, 0.15) is 73.7 Å². The van der Waals surface area contributed by atoms with Crippen molar-refractivity contribution in [3.8, 4) is 11.5 Å². The van der Waals surface area contributed by atoms with Crippen LogP contribution in [-0.4, -0.2) is 105 Å². The Labute approximate surface area is 404 Å². The third-order valence-corrected chi connectivity index (χ3v) is 13.0. The molecule has 14 heteroatoms. The third kappa shape index (κ3) is 10.7.